The molecule has 3 heterocycles. The predicted octanol–water partition coefficient (Wildman–Crippen LogP) is 4.88. The van der Waals surface area contributed by atoms with Crippen molar-refractivity contribution in [3.63, 3.8) is 0 Å². The summed E-state index contributed by atoms with van der Waals surface area (Å²) in [6.45, 7) is 7.54. The number of hydrogen-bond acceptors (Lipinski definition) is 7. The molecule has 10 nitrogen and oxygen atoms in total. The molecule has 1 amide bonds. The molecule has 0 atom stereocenters. The van der Waals surface area contributed by atoms with Crippen LogP contribution >= 0.6 is 0 Å². The van der Waals surface area contributed by atoms with Gasteiger partial charge in [0.2, 0.25) is 11.9 Å². The Hall–Kier alpha value is -4.57. The third-order valence-corrected chi connectivity index (χ3v) is 6.55. The van der Waals surface area contributed by atoms with Gasteiger partial charge in [-0.15, -0.1) is 0 Å². The fourth-order valence-electron chi connectivity index (χ4n) is 4.42. The summed E-state index contributed by atoms with van der Waals surface area (Å²) in [7, 11) is 1.86. The minimum absolute atomic E-state index is 0.186. The number of carbonyl (C=O) groups excluding carboxylic acids is 1. The highest BCUT2D eigenvalue weighted by molar-refractivity contribution is 5.87. The van der Waals surface area contributed by atoms with Crippen LogP contribution in [-0.2, 0) is 23.0 Å². The number of carboxylic acids is 1. The van der Waals surface area contributed by atoms with E-state index in [2.05, 4.69) is 45.5 Å². The largest absolute Gasteiger partial charge is 0.478 e. The zero-order valence-electron chi connectivity index (χ0n) is 23.8. The van der Waals surface area contributed by atoms with Gasteiger partial charge in [0, 0.05) is 44.5 Å². The van der Waals surface area contributed by atoms with E-state index in [4.69, 9.17) is 9.84 Å². The van der Waals surface area contributed by atoms with E-state index in [0.717, 1.165) is 28.9 Å². The molecule has 1 saturated heterocycles. The standard InChI is InChI=1S/C24H30N6O2.C7H6O2/c1-16(2)32-21-14-30(15-21)23(31)8-7-18-5-6-19(11-17(18)3)22-9-10-25-24(28-22)27-20-12-26-29(4)13-20;8-7(9)6-4-2-1-3-5-6/h5-6,9-13,16,21H,7-8,14-15H2,1-4H3,(H,25,27,28);1-5H,(H,8,9). The van der Waals surface area contributed by atoms with Crippen LogP contribution in [0.25, 0.3) is 11.3 Å². The van der Waals surface area contributed by atoms with Gasteiger partial charge in [-0.3, -0.25) is 9.48 Å². The zero-order valence-corrected chi connectivity index (χ0v) is 23.8. The van der Waals surface area contributed by atoms with E-state index in [0.29, 0.717) is 31.0 Å². The molecule has 2 aromatic heterocycles. The maximum absolute atomic E-state index is 12.5. The van der Waals surface area contributed by atoms with Crippen molar-refractivity contribution in [3.8, 4) is 11.3 Å². The average Bonchev–Trinajstić information content (AvgIpc) is 3.34. The van der Waals surface area contributed by atoms with Crippen LogP contribution < -0.4 is 5.32 Å². The van der Waals surface area contributed by atoms with Crippen LogP contribution in [0.4, 0.5) is 11.6 Å². The van der Waals surface area contributed by atoms with Gasteiger partial charge in [0.25, 0.3) is 0 Å². The average molecular weight is 557 g/mol. The van der Waals surface area contributed by atoms with Crippen molar-refractivity contribution in [2.45, 2.75) is 45.8 Å². The van der Waals surface area contributed by atoms with Crippen LogP contribution in [0.2, 0.25) is 0 Å². The number of nitrogens with one attached hydrogen (secondary N) is 1. The topological polar surface area (TPSA) is 122 Å². The first-order chi connectivity index (χ1) is 19.7. The number of amides is 1. The number of rotatable bonds is 9. The van der Waals surface area contributed by atoms with E-state index in [1.807, 2.05) is 38.1 Å². The Morgan fingerprint density at radius 3 is 2.49 bits per heavy atom. The first-order valence-electron chi connectivity index (χ1n) is 13.6. The third-order valence-electron chi connectivity index (χ3n) is 6.55. The SMILES string of the molecule is Cc1cc(-c2ccnc(Nc3cnn(C)c3)n2)ccc1CCC(=O)N1CC(OC(C)C)C1.O=C(O)c1ccccc1. The molecule has 1 aliphatic rings. The maximum atomic E-state index is 12.5. The highest BCUT2D eigenvalue weighted by Crippen LogP contribution is 2.24. The molecule has 1 fully saturated rings. The Labute approximate surface area is 240 Å². The number of benzene rings is 2. The molecule has 4 aromatic rings. The highest BCUT2D eigenvalue weighted by atomic mass is 16.5. The van der Waals surface area contributed by atoms with Crippen LogP contribution in [0.3, 0.4) is 0 Å². The van der Waals surface area contributed by atoms with Crippen molar-refractivity contribution in [3.05, 3.63) is 89.9 Å². The molecule has 0 aliphatic carbocycles. The number of carboxylic acid groups (broad SMARTS) is 1. The summed E-state index contributed by atoms with van der Waals surface area (Å²) < 4.78 is 7.45. The summed E-state index contributed by atoms with van der Waals surface area (Å²) in [6.07, 6.45) is 6.98. The molecule has 214 valence electrons. The van der Waals surface area contributed by atoms with Crippen LogP contribution in [0.1, 0.15) is 41.8 Å². The Morgan fingerprint density at radius 2 is 1.88 bits per heavy atom. The molecular formula is C31H36N6O4. The number of aromatic carboxylic acids is 1. The zero-order chi connectivity index (χ0) is 29.4. The summed E-state index contributed by atoms with van der Waals surface area (Å²) >= 11 is 0. The number of nitrogens with zero attached hydrogens (tertiary/aromatic N) is 5. The number of carbonyl (C=O) groups is 2. The fraction of sp³-hybridized carbons (Fsp3) is 0.323. The number of ether oxygens (including phenoxy) is 1. The Kier molecular flexibility index (Phi) is 9.81. The molecule has 2 aromatic carbocycles. The molecule has 41 heavy (non-hydrogen) atoms. The lowest BCUT2D eigenvalue weighted by molar-refractivity contribution is -0.148. The Bertz CT molecular complexity index is 1460. The molecule has 10 heteroatoms. The van der Waals surface area contributed by atoms with E-state index < -0.39 is 5.97 Å². The first kappa shape index (κ1) is 29.4. The van der Waals surface area contributed by atoms with E-state index in [-0.39, 0.29) is 18.1 Å². The number of aromatic nitrogens is 4. The minimum Gasteiger partial charge on any atom is -0.478 e. The van der Waals surface area contributed by atoms with Gasteiger partial charge < -0.3 is 20.1 Å². The number of likely N-dealkylation sites (tertiary alicyclic amines) is 1. The monoisotopic (exact) mass is 556 g/mol. The lowest BCUT2D eigenvalue weighted by Crippen LogP contribution is -2.55. The van der Waals surface area contributed by atoms with Crippen LogP contribution in [0, 0.1) is 6.92 Å². The minimum atomic E-state index is -0.879. The molecule has 0 radical (unpaired) electrons. The second-order valence-electron chi connectivity index (χ2n) is 10.2. The maximum Gasteiger partial charge on any atom is 0.335 e. The molecule has 0 saturated carbocycles. The molecule has 1 aliphatic heterocycles. The van der Waals surface area contributed by atoms with Crippen molar-refractivity contribution in [2.24, 2.45) is 7.05 Å². The molecule has 0 unspecified atom stereocenters. The lowest BCUT2D eigenvalue weighted by Gasteiger charge is -2.40. The second kappa shape index (κ2) is 13.7. The van der Waals surface area contributed by atoms with Gasteiger partial charge in [0.05, 0.1) is 35.3 Å². The fourth-order valence-corrected chi connectivity index (χ4v) is 4.42. The first-order valence-corrected chi connectivity index (χ1v) is 13.6. The van der Waals surface area contributed by atoms with Gasteiger partial charge in [-0.05, 0) is 62.6 Å². The van der Waals surface area contributed by atoms with Crippen molar-refractivity contribution in [1.29, 1.82) is 0 Å². The molecule has 0 bridgehead atoms. The molecule has 0 spiro atoms. The Balaban J connectivity index is 0.000000367. The van der Waals surface area contributed by atoms with Gasteiger partial charge in [0.15, 0.2) is 0 Å². The summed E-state index contributed by atoms with van der Waals surface area (Å²) in [5.41, 5.74) is 5.36. The molecule has 5 rings (SSSR count). The van der Waals surface area contributed by atoms with E-state index in [9.17, 15) is 9.59 Å². The summed E-state index contributed by atoms with van der Waals surface area (Å²) in [5, 5.41) is 15.7. The van der Waals surface area contributed by atoms with Gasteiger partial charge in [-0.2, -0.15) is 5.10 Å². The quantitative estimate of drug-likeness (QED) is 0.299. The predicted molar refractivity (Wildman–Crippen MR) is 157 cm³/mol. The van der Waals surface area contributed by atoms with Gasteiger partial charge in [0.1, 0.15) is 0 Å². The van der Waals surface area contributed by atoms with E-state index in [1.165, 1.54) is 5.56 Å². The van der Waals surface area contributed by atoms with Gasteiger partial charge in [-0.25, -0.2) is 14.8 Å². The highest BCUT2D eigenvalue weighted by Gasteiger charge is 2.31. The van der Waals surface area contributed by atoms with Crippen molar-refractivity contribution in [2.75, 3.05) is 18.4 Å². The van der Waals surface area contributed by atoms with Crippen LogP contribution in [0.5, 0.6) is 0 Å². The second-order valence-corrected chi connectivity index (χ2v) is 10.2. The number of anilines is 2. The van der Waals surface area contributed by atoms with Crippen molar-refractivity contribution < 1.29 is 19.4 Å². The summed E-state index contributed by atoms with van der Waals surface area (Å²) in [4.78, 5) is 33.5. The normalized spacial score (nSPS) is 12.9. The smallest absolute Gasteiger partial charge is 0.335 e. The summed E-state index contributed by atoms with van der Waals surface area (Å²) in [5.74, 6) is -0.160. The summed E-state index contributed by atoms with van der Waals surface area (Å²) in [6, 6.07) is 16.5. The van der Waals surface area contributed by atoms with Gasteiger partial charge >= 0.3 is 5.97 Å². The van der Waals surface area contributed by atoms with Crippen molar-refractivity contribution >= 4 is 23.5 Å². The van der Waals surface area contributed by atoms with E-state index in [1.54, 1.807) is 47.4 Å². The van der Waals surface area contributed by atoms with Gasteiger partial charge in [-0.1, -0.05) is 30.3 Å². The molecule has 2 N–H and O–H groups in total. The van der Waals surface area contributed by atoms with Crippen LogP contribution in [0.15, 0.2) is 73.2 Å². The lowest BCUT2D eigenvalue weighted by atomic mass is 9.99. The number of aryl methyl sites for hydroxylation is 3. The molecular weight excluding hydrogens is 520 g/mol. The van der Waals surface area contributed by atoms with Crippen LogP contribution in [-0.4, -0.2) is 66.9 Å². The Morgan fingerprint density at radius 1 is 1.12 bits per heavy atom. The number of hydrogen-bond donors (Lipinski definition) is 2. The third kappa shape index (κ3) is 8.46. The van der Waals surface area contributed by atoms with Crippen molar-refractivity contribution in [1.82, 2.24) is 24.6 Å². The van der Waals surface area contributed by atoms with E-state index >= 15 is 0 Å².